The van der Waals surface area contributed by atoms with Crippen molar-refractivity contribution in [3.63, 3.8) is 0 Å². The van der Waals surface area contributed by atoms with Gasteiger partial charge in [-0.15, -0.1) is 0 Å². The van der Waals surface area contributed by atoms with Crippen LogP contribution in [0.3, 0.4) is 0 Å². The van der Waals surface area contributed by atoms with Crippen molar-refractivity contribution < 1.29 is 4.79 Å². The van der Waals surface area contributed by atoms with Gasteiger partial charge in [-0.25, -0.2) is 0 Å². The van der Waals surface area contributed by atoms with Crippen LogP contribution in [0.1, 0.15) is 24.5 Å². The van der Waals surface area contributed by atoms with E-state index in [0.29, 0.717) is 24.9 Å². The molecule has 0 radical (unpaired) electrons. The minimum atomic E-state index is -0.103. The maximum Gasteiger partial charge on any atom is 0.228 e. The summed E-state index contributed by atoms with van der Waals surface area (Å²) in [5, 5.41) is 4.82. The molecular weight excluding hydrogens is 326 g/mol. The summed E-state index contributed by atoms with van der Waals surface area (Å²) in [7, 11) is 0. The van der Waals surface area contributed by atoms with Crippen LogP contribution < -0.4 is 10.3 Å². The molecule has 2 aromatic carbocycles. The fraction of sp³-hybridized carbons (Fsp3) is 0.286. The summed E-state index contributed by atoms with van der Waals surface area (Å²) in [4.78, 5) is 26.5. The summed E-state index contributed by atoms with van der Waals surface area (Å²) >= 11 is 0. The number of carbonyl (C=O) groups is 1. The van der Waals surface area contributed by atoms with Gasteiger partial charge in [-0.2, -0.15) is 5.10 Å². The van der Waals surface area contributed by atoms with Gasteiger partial charge in [0, 0.05) is 24.0 Å². The Bertz CT molecular complexity index is 987. The third kappa shape index (κ3) is 3.67. The van der Waals surface area contributed by atoms with Crippen LogP contribution in [0.2, 0.25) is 0 Å². The molecule has 0 bridgehead atoms. The molecule has 0 N–H and O–H groups in total. The van der Waals surface area contributed by atoms with Gasteiger partial charge in [0.1, 0.15) is 0 Å². The predicted molar refractivity (Wildman–Crippen MR) is 105 cm³/mol. The Morgan fingerprint density at radius 1 is 1.12 bits per heavy atom. The maximum absolute atomic E-state index is 12.8. The van der Waals surface area contributed by atoms with E-state index < -0.39 is 0 Å². The van der Waals surface area contributed by atoms with E-state index in [-0.39, 0.29) is 11.3 Å². The van der Waals surface area contributed by atoms with Crippen LogP contribution in [0.4, 0.5) is 5.69 Å². The second-order valence-corrected chi connectivity index (χ2v) is 6.48. The Morgan fingerprint density at radius 3 is 2.50 bits per heavy atom. The van der Waals surface area contributed by atoms with Crippen molar-refractivity contribution in [1.82, 2.24) is 9.78 Å². The van der Waals surface area contributed by atoms with Gasteiger partial charge in [-0.1, -0.05) is 18.2 Å². The lowest BCUT2D eigenvalue weighted by Crippen LogP contribution is -2.31. The summed E-state index contributed by atoms with van der Waals surface area (Å²) in [6.07, 6.45) is 1.63. The van der Waals surface area contributed by atoms with E-state index in [9.17, 15) is 9.59 Å². The van der Waals surface area contributed by atoms with Crippen LogP contribution in [-0.2, 0) is 11.3 Å². The third-order valence-electron chi connectivity index (χ3n) is 4.43. The number of aromatic nitrogens is 2. The van der Waals surface area contributed by atoms with Gasteiger partial charge in [0.05, 0.1) is 18.3 Å². The van der Waals surface area contributed by atoms with E-state index in [0.717, 1.165) is 22.3 Å². The molecule has 0 saturated heterocycles. The summed E-state index contributed by atoms with van der Waals surface area (Å²) in [5.74, 6) is 0.0436. The zero-order valence-electron chi connectivity index (χ0n) is 15.4. The molecular formula is C21H23N3O2. The maximum atomic E-state index is 12.8. The van der Waals surface area contributed by atoms with Gasteiger partial charge in [0.2, 0.25) is 11.3 Å². The van der Waals surface area contributed by atoms with Gasteiger partial charge in [-0.3, -0.25) is 14.3 Å². The average Bonchev–Trinajstić information content (AvgIpc) is 2.61. The molecule has 5 nitrogen and oxygen atoms in total. The number of aryl methyl sites for hydroxylation is 3. The molecule has 0 unspecified atom stereocenters. The lowest BCUT2D eigenvalue weighted by atomic mass is 10.1. The van der Waals surface area contributed by atoms with E-state index in [1.54, 1.807) is 15.6 Å². The van der Waals surface area contributed by atoms with Crippen LogP contribution in [0.25, 0.3) is 10.9 Å². The van der Waals surface area contributed by atoms with E-state index in [1.807, 2.05) is 51.1 Å². The predicted octanol–water partition coefficient (Wildman–Crippen LogP) is 3.46. The average molecular weight is 349 g/mol. The molecule has 1 aromatic heterocycles. The van der Waals surface area contributed by atoms with Crippen molar-refractivity contribution in [2.75, 3.05) is 11.4 Å². The highest BCUT2D eigenvalue weighted by Crippen LogP contribution is 2.20. The first-order valence-corrected chi connectivity index (χ1v) is 8.83. The second kappa shape index (κ2) is 7.52. The Balaban J connectivity index is 1.82. The van der Waals surface area contributed by atoms with Crippen LogP contribution in [0.5, 0.6) is 0 Å². The minimum absolute atomic E-state index is 0.0436. The molecule has 0 saturated carbocycles. The molecule has 5 heteroatoms. The normalized spacial score (nSPS) is 10.9. The highest BCUT2D eigenvalue weighted by molar-refractivity contribution is 5.93. The van der Waals surface area contributed by atoms with Crippen LogP contribution >= 0.6 is 0 Å². The molecule has 0 fully saturated rings. The number of rotatable bonds is 5. The van der Waals surface area contributed by atoms with Crippen LogP contribution in [0, 0.1) is 13.8 Å². The van der Waals surface area contributed by atoms with Crippen molar-refractivity contribution in [3.05, 3.63) is 70.0 Å². The van der Waals surface area contributed by atoms with Crippen molar-refractivity contribution in [1.29, 1.82) is 0 Å². The number of anilines is 1. The number of fused-ring (bicyclic) bond motifs is 1. The van der Waals surface area contributed by atoms with Gasteiger partial charge in [0.25, 0.3) is 0 Å². The topological polar surface area (TPSA) is 55.2 Å². The standard InChI is InChI=1S/C21H23N3O2/c1-4-23(17-12-15(2)11-16(3)13-17)21(26)9-10-24-19-8-6-5-7-18(19)20(25)14-22-24/h5-8,11-14H,4,9-10H2,1-3H3. The second-order valence-electron chi connectivity index (χ2n) is 6.48. The number of nitrogens with zero attached hydrogens (tertiary/aromatic N) is 3. The Morgan fingerprint density at radius 2 is 1.81 bits per heavy atom. The Kier molecular flexibility index (Phi) is 5.16. The highest BCUT2D eigenvalue weighted by atomic mass is 16.2. The SMILES string of the molecule is CCN(C(=O)CCn1ncc(=O)c2ccccc21)c1cc(C)cc(C)c1. The van der Waals surface area contributed by atoms with Crippen LogP contribution in [0.15, 0.2) is 53.5 Å². The number of benzene rings is 2. The zero-order chi connectivity index (χ0) is 18.7. The summed E-state index contributed by atoms with van der Waals surface area (Å²) in [6.45, 7) is 7.08. The van der Waals surface area contributed by atoms with Crippen molar-refractivity contribution in [2.45, 2.75) is 33.7 Å². The molecule has 0 aliphatic carbocycles. The fourth-order valence-corrected chi connectivity index (χ4v) is 3.29. The summed E-state index contributed by atoms with van der Waals surface area (Å²) < 4.78 is 1.73. The third-order valence-corrected chi connectivity index (χ3v) is 4.43. The summed E-state index contributed by atoms with van der Waals surface area (Å²) in [6, 6.07) is 13.5. The van der Waals surface area contributed by atoms with Crippen molar-refractivity contribution >= 4 is 22.5 Å². The molecule has 1 amide bonds. The van der Waals surface area contributed by atoms with E-state index in [1.165, 1.54) is 6.20 Å². The largest absolute Gasteiger partial charge is 0.313 e. The molecule has 0 aliphatic heterocycles. The van der Waals surface area contributed by atoms with Crippen LogP contribution in [-0.4, -0.2) is 22.2 Å². The van der Waals surface area contributed by atoms with Crippen molar-refractivity contribution in [2.24, 2.45) is 0 Å². The molecule has 3 aromatic rings. The lowest BCUT2D eigenvalue weighted by Gasteiger charge is -2.22. The molecule has 1 heterocycles. The minimum Gasteiger partial charge on any atom is -0.313 e. The molecule has 0 spiro atoms. The first-order valence-electron chi connectivity index (χ1n) is 8.83. The fourth-order valence-electron chi connectivity index (χ4n) is 3.29. The van der Waals surface area contributed by atoms with Gasteiger partial charge >= 0.3 is 0 Å². The van der Waals surface area contributed by atoms with Crippen molar-refractivity contribution in [3.8, 4) is 0 Å². The Hall–Kier alpha value is -2.95. The van der Waals surface area contributed by atoms with E-state index in [2.05, 4.69) is 11.2 Å². The van der Waals surface area contributed by atoms with E-state index in [4.69, 9.17) is 0 Å². The quantitative estimate of drug-likeness (QED) is 0.709. The number of carbonyl (C=O) groups excluding carboxylic acids is 1. The number of para-hydroxylation sites is 1. The molecule has 134 valence electrons. The van der Waals surface area contributed by atoms with Gasteiger partial charge in [0.15, 0.2) is 0 Å². The number of amides is 1. The first kappa shape index (κ1) is 17.9. The molecule has 0 aliphatic rings. The molecule has 26 heavy (non-hydrogen) atoms. The smallest absolute Gasteiger partial charge is 0.228 e. The number of hydrogen-bond donors (Lipinski definition) is 0. The zero-order valence-corrected chi connectivity index (χ0v) is 15.4. The van der Waals surface area contributed by atoms with Gasteiger partial charge in [-0.05, 0) is 56.2 Å². The monoisotopic (exact) mass is 349 g/mol. The summed E-state index contributed by atoms with van der Waals surface area (Å²) in [5.41, 5.74) is 3.85. The number of hydrogen-bond acceptors (Lipinski definition) is 3. The van der Waals surface area contributed by atoms with Gasteiger partial charge < -0.3 is 4.90 Å². The van der Waals surface area contributed by atoms with E-state index >= 15 is 0 Å². The highest BCUT2D eigenvalue weighted by Gasteiger charge is 2.15. The molecule has 0 atom stereocenters. The Labute approximate surface area is 152 Å². The first-order chi connectivity index (χ1) is 12.5. The lowest BCUT2D eigenvalue weighted by molar-refractivity contribution is -0.118. The molecule has 3 rings (SSSR count).